The van der Waals surface area contributed by atoms with Gasteiger partial charge < -0.3 is 10.2 Å². The maximum Gasteiger partial charge on any atom is 0.215 e. The maximum absolute atomic E-state index is 11.9. The molecule has 1 atom stereocenters. The first-order chi connectivity index (χ1) is 7.42. The van der Waals surface area contributed by atoms with Gasteiger partial charge in [-0.25, -0.2) is 12.7 Å². The Hall–Kier alpha value is -0.170. The van der Waals surface area contributed by atoms with Crippen molar-refractivity contribution >= 4 is 10.0 Å². The summed E-state index contributed by atoms with van der Waals surface area (Å²) < 4.78 is 25.4. The molecular weight excluding hydrogens is 226 g/mol. The highest BCUT2D eigenvalue weighted by Crippen LogP contribution is 2.07. The molecule has 0 bridgehead atoms. The van der Waals surface area contributed by atoms with Gasteiger partial charge in [0.2, 0.25) is 10.0 Å². The van der Waals surface area contributed by atoms with Gasteiger partial charge >= 0.3 is 0 Å². The van der Waals surface area contributed by atoms with Gasteiger partial charge in [0.1, 0.15) is 0 Å². The minimum Gasteiger partial charge on any atom is -0.312 e. The number of rotatable bonds is 4. The van der Waals surface area contributed by atoms with E-state index in [1.165, 1.54) is 0 Å². The average molecular weight is 249 g/mol. The van der Waals surface area contributed by atoms with Gasteiger partial charge in [0.25, 0.3) is 0 Å². The predicted molar refractivity (Wildman–Crippen MR) is 66.0 cm³/mol. The van der Waals surface area contributed by atoms with Crippen LogP contribution in [0.5, 0.6) is 0 Å². The Kier molecular flexibility index (Phi) is 5.17. The van der Waals surface area contributed by atoms with Gasteiger partial charge in [-0.1, -0.05) is 0 Å². The zero-order chi connectivity index (χ0) is 12.2. The van der Waals surface area contributed by atoms with Crippen molar-refractivity contribution in [3.05, 3.63) is 0 Å². The van der Waals surface area contributed by atoms with E-state index in [0.29, 0.717) is 19.6 Å². The summed E-state index contributed by atoms with van der Waals surface area (Å²) in [6.45, 7) is 4.74. The monoisotopic (exact) mass is 249 g/mol. The maximum atomic E-state index is 11.9. The fraction of sp³-hybridized carbons (Fsp3) is 1.00. The van der Waals surface area contributed by atoms with E-state index in [1.54, 1.807) is 4.31 Å². The van der Waals surface area contributed by atoms with Crippen LogP contribution in [0, 0.1) is 0 Å². The Balaban J connectivity index is 2.52. The van der Waals surface area contributed by atoms with Crippen molar-refractivity contribution in [1.29, 1.82) is 0 Å². The molecule has 6 heteroatoms. The van der Waals surface area contributed by atoms with Crippen LogP contribution in [0.2, 0.25) is 0 Å². The van der Waals surface area contributed by atoms with Crippen molar-refractivity contribution in [2.75, 3.05) is 46.0 Å². The first-order valence-electron chi connectivity index (χ1n) is 5.78. The van der Waals surface area contributed by atoms with Crippen LogP contribution in [0.4, 0.5) is 0 Å². The van der Waals surface area contributed by atoms with Crippen molar-refractivity contribution in [1.82, 2.24) is 14.5 Å². The lowest BCUT2D eigenvalue weighted by atomic mass is 10.3. The zero-order valence-electron chi connectivity index (χ0n) is 10.4. The lowest BCUT2D eigenvalue weighted by Gasteiger charge is -2.22. The van der Waals surface area contributed by atoms with E-state index in [9.17, 15) is 8.42 Å². The second kappa shape index (κ2) is 5.95. The molecule has 1 fully saturated rings. The summed E-state index contributed by atoms with van der Waals surface area (Å²) in [5.41, 5.74) is 0. The second-order valence-electron chi connectivity index (χ2n) is 4.69. The molecule has 0 amide bonds. The van der Waals surface area contributed by atoms with Crippen molar-refractivity contribution in [2.45, 2.75) is 19.4 Å². The zero-order valence-corrected chi connectivity index (χ0v) is 11.3. The molecule has 0 radical (unpaired) electrons. The van der Waals surface area contributed by atoms with Gasteiger partial charge in [-0.15, -0.1) is 0 Å². The molecule has 5 nitrogen and oxygen atoms in total. The Bertz CT molecular complexity index is 303. The highest BCUT2D eigenvalue weighted by atomic mass is 32.2. The van der Waals surface area contributed by atoms with Crippen molar-refractivity contribution < 1.29 is 8.42 Å². The van der Waals surface area contributed by atoms with Gasteiger partial charge in [0.05, 0.1) is 5.75 Å². The Labute approximate surface area is 98.8 Å². The van der Waals surface area contributed by atoms with Crippen molar-refractivity contribution in [2.24, 2.45) is 0 Å². The molecule has 1 aliphatic heterocycles. The highest BCUT2D eigenvalue weighted by Gasteiger charge is 2.26. The van der Waals surface area contributed by atoms with Crippen LogP contribution < -0.4 is 5.32 Å². The molecule has 96 valence electrons. The fourth-order valence-corrected chi connectivity index (χ4v) is 3.33. The van der Waals surface area contributed by atoms with E-state index >= 15 is 0 Å². The second-order valence-corrected chi connectivity index (χ2v) is 6.77. The molecule has 1 N–H and O–H groups in total. The third-order valence-corrected chi connectivity index (χ3v) is 4.58. The number of hydrogen-bond acceptors (Lipinski definition) is 4. The molecule has 0 saturated carbocycles. The van der Waals surface area contributed by atoms with Crippen LogP contribution in [0.1, 0.15) is 13.3 Å². The van der Waals surface area contributed by atoms with Crippen LogP contribution in [-0.2, 0) is 10.0 Å². The van der Waals surface area contributed by atoms with Gasteiger partial charge in [0.15, 0.2) is 0 Å². The van der Waals surface area contributed by atoms with Crippen LogP contribution in [0.15, 0.2) is 0 Å². The Morgan fingerprint density at radius 3 is 2.75 bits per heavy atom. The molecule has 0 aromatic rings. The van der Waals surface area contributed by atoms with E-state index < -0.39 is 10.0 Å². The molecule has 1 rings (SSSR count). The molecule has 0 aromatic heterocycles. The van der Waals surface area contributed by atoms with Crippen LogP contribution >= 0.6 is 0 Å². The van der Waals surface area contributed by atoms with E-state index in [4.69, 9.17) is 0 Å². The van der Waals surface area contributed by atoms with E-state index in [2.05, 4.69) is 10.2 Å². The van der Waals surface area contributed by atoms with Crippen LogP contribution in [0.3, 0.4) is 0 Å². The molecule has 0 spiro atoms. The van der Waals surface area contributed by atoms with Gasteiger partial charge in [0, 0.05) is 25.7 Å². The van der Waals surface area contributed by atoms with E-state index in [-0.39, 0.29) is 11.8 Å². The highest BCUT2D eigenvalue weighted by molar-refractivity contribution is 7.89. The summed E-state index contributed by atoms with van der Waals surface area (Å²) in [4.78, 5) is 2.08. The lowest BCUT2D eigenvalue weighted by Crippen LogP contribution is -2.38. The molecule has 0 aliphatic carbocycles. The number of nitrogens with zero attached hydrogens (tertiary/aromatic N) is 2. The predicted octanol–water partition coefficient (Wildman–Crippen LogP) is -0.438. The molecule has 1 saturated heterocycles. The average Bonchev–Trinajstić information content (AvgIpc) is 2.26. The Morgan fingerprint density at radius 1 is 1.44 bits per heavy atom. The summed E-state index contributed by atoms with van der Waals surface area (Å²) in [5, 5.41) is 3.20. The van der Waals surface area contributed by atoms with Gasteiger partial charge in [-0.3, -0.25) is 0 Å². The summed E-state index contributed by atoms with van der Waals surface area (Å²) in [5.74, 6) is 0.222. The van der Waals surface area contributed by atoms with E-state index in [0.717, 1.165) is 13.0 Å². The largest absolute Gasteiger partial charge is 0.312 e. The summed E-state index contributed by atoms with van der Waals surface area (Å²) in [6.07, 6.45) is 0.888. The molecule has 1 heterocycles. The number of nitrogens with one attached hydrogen (secondary N) is 1. The topological polar surface area (TPSA) is 52.7 Å². The smallest absolute Gasteiger partial charge is 0.215 e. The van der Waals surface area contributed by atoms with Crippen LogP contribution in [-0.4, -0.2) is 69.7 Å². The third-order valence-electron chi connectivity index (χ3n) is 2.74. The third kappa shape index (κ3) is 4.37. The molecule has 1 unspecified atom stereocenters. The van der Waals surface area contributed by atoms with Crippen molar-refractivity contribution in [3.63, 3.8) is 0 Å². The summed E-state index contributed by atoms with van der Waals surface area (Å²) in [6, 6.07) is 0.247. The fourth-order valence-electron chi connectivity index (χ4n) is 1.84. The molecule has 1 aliphatic rings. The lowest BCUT2D eigenvalue weighted by molar-refractivity contribution is 0.338. The normalized spacial score (nSPS) is 26.9. The molecular formula is C10H23N3O2S. The minimum absolute atomic E-state index is 0.222. The van der Waals surface area contributed by atoms with E-state index in [1.807, 2.05) is 21.0 Å². The van der Waals surface area contributed by atoms with Gasteiger partial charge in [-0.2, -0.15) is 0 Å². The van der Waals surface area contributed by atoms with Crippen molar-refractivity contribution in [3.8, 4) is 0 Å². The summed E-state index contributed by atoms with van der Waals surface area (Å²) >= 11 is 0. The SMILES string of the molecule is CC1CN(CCCN(C)C)S(=O)(=O)CCN1. The molecule has 16 heavy (non-hydrogen) atoms. The standard InChI is InChI=1S/C10H23N3O2S/c1-10-9-13(7-4-6-12(2)3)16(14,15)8-5-11-10/h10-11H,4-9H2,1-3H3. The minimum atomic E-state index is -3.04. The number of hydrogen-bond donors (Lipinski definition) is 1. The quantitative estimate of drug-likeness (QED) is 0.734. The number of sulfonamides is 1. The first kappa shape index (κ1) is 13.9. The molecule has 0 aromatic carbocycles. The Morgan fingerprint density at radius 2 is 2.12 bits per heavy atom. The first-order valence-corrected chi connectivity index (χ1v) is 7.38. The van der Waals surface area contributed by atoms with Gasteiger partial charge in [-0.05, 0) is 34.0 Å². The van der Waals surface area contributed by atoms with Crippen LogP contribution in [0.25, 0.3) is 0 Å². The summed E-state index contributed by atoms with van der Waals surface area (Å²) in [7, 11) is 0.964.